The van der Waals surface area contributed by atoms with Crippen molar-refractivity contribution < 1.29 is 14.6 Å². The maximum atomic E-state index is 11.9. The summed E-state index contributed by atoms with van der Waals surface area (Å²) in [4.78, 5) is 11.9. The van der Waals surface area contributed by atoms with Crippen molar-refractivity contribution >= 4 is 5.91 Å². The van der Waals surface area contributed by atoms with Gasteiger partial charge in [0.05, 0.1) is 5.54 Å². The van der Waals surface area contributed by atoms with Crippen LogP contribution >= 0.6 is 0 Å². The Hall–Kier alpha value is -0.650. The van der Waals surface area contributed by atoms with E-state index in [1.165, 1.54) is 0 Å². The minimum absolute atomic E-state index is 0.0528. The summed E-state index contributed by atoms with van der Waals surface area (Å²) in [6, 6.07) is 0. The molecule has 1 rings (SSSR count). The Morgan fingerprint density at radius 2 is 1.88 bits per heavy atom. The van der Waals surface area contributed by atoms with Gasteiger partial charge in [0, 0.05) is 26.4 Å². The Kier molecular flexibility index (Phi) is 6.47. The van der Waals surface area contributed by atoms with Gasteiger partial charge in [-0.3, -0.25) is 4.79 Å². The summed E-state index contributed by atoms with van der Waals surface area (Å²) < 4.78 is 5.20. The second-order valence-corrected chi connectivity index (χ2v) is 4.66. The first kappa shape index (κ1) is 14.4. The highest BCUT2D eigenvalue weighted by Gasteiger charge is 2.35. The molecular formula is C12H24N2O3. The largest absolute Gasteiger partial charge is 0.396 e. The van der Waals surface area contributed by atoms with E-state index in [0.717, 1.165) is 25.7 Å². The van der Waals surface area contributed by atoms with Crippen molar-refractivity contribution in [2.75, 3.05) is 26.4 Å². The topological polar surface area (TPSA) is 84.6 Å². The van der Waals surface area contributed by atoms with E-state index in [1.54, 1.807) is 0 Å². The van der Waals surface area contributed by atoms with Crippen LogP contribution in [-0.4, -0.2) is 42.9 Å². The van der Waals surface area contributed by atoms with Crippen molar-refractivity contribution in [3.05, 3.63) is 0 Å². The van der Waals surface area contributed by atoms with E-state index < -0.39 is 5.54 Å². The van der Waals surface area contributed by atoms with E-state index in [1.807, 2.05) is 0 Å². The lowest BCUT2D eigenvalue weighted by Gasteiger charge is -2.31. The van der Waals surface area contributed by atoms with Crippen molar-refractivity contribution in [3.8, 4) is 0 Å². The van der Waals surface area contributed by atoms with Crippen LogP contribution in [0, 0.1) is 0 Å². The van der Waals surface area contributed by atoms with E-state index in [9.17, 15) is 4.79 Å². The number of aliphatic hydroxyl groups is 1. The number of hydrogen-bond donors (Lipinski definition) is 3. The third-order valence-corrected chi connectivity index (χ3v) is 3.21. The van der Waals surface area contributed by atoms with Crippen molar-refractivity contribution in [3.63, 3.8) is 0 Å². The average molecular weight is 244 g/mol. The zero-order valence-electron chi connectivity index (χ0n) is 10.4. The SMILES string of the molecule is NC1(C(=O)NCCCCCCO)CCOCC1. The van der Waals surface area contributed by atoms with Gasteiger partial charge in [-0.15, -0.1) is 0 Å². The molecule has 4 N–H and O–H groups in total. The molecule has 5 heteroatoms. The lowest BCUT2D eigenvalue weighted by molar-refractivity contribution is -0.129. The van der Waals surface area contributed by atoms with Crippen molar-refractivity contribution in [2.45, 2.75) is 44.1 Å². The maximum Gasteiger partial charge on any atom is 0.240 e. The van der Waals surface area contributed by atoms with Crippen LogP contribution in [0.4, 0.5) is 0 Å². The zero-order valence-corrected chi connectivity index (χ0v) is 10.4. The fourth-order valence-electron chi connectivity index (χ4n) is 1.93. The Balaban J connectivity index is 2.11. The van der Waals surface area contributed by atoms with Crippen LogP contribution in [0.25, 0.3) is 0 Å². The highest BCUT2D eigenvalue weighted by molar-refractivity contribution is 5.86. The number of hydrogen-bond acceptors (Lipinski definition) is 4. The maximum absolute atomic E-state index is 11.9. The molecule has 0 saturated carbocycles. The summed E-state index contributed by atoms with van der Waals surface area (Å²) in [5.41, 5.74) is 5.31. The summed E-state index contributed by atoms with van der Waals surface area (Å²) in [5.74, 6) is -0.0528. The highest BCUT2D eigenvalue weighted by atomic mass is 16.5. The molecule has 1 fully saturated rings. The molecule has 1 amide bonds. The van der Waals surface area contributed by atoms with Gasteiger partial charge in [0.15, 0.2) is 0 Å². The lowest BCUT2D eigenvalue weighted by Crippen LogP contribution is -2.57. The number of unbranched alkanes of at least 4 members (excludes halogenated alkanes) is 3. The molecule has 0 atom stereocenters. The van der Waals surface area contributed by atoms with E-state index in [0.29, 0.717) is 32.6 Å². The first-order valence-electron chi connectivity index (χ1n) is 6.45. The number of amides is 1. The van der Waals surface area contributed by atoms with Crippen LogP contribution in [0.3, 0.4) is 0 Å². The first-order valence-corrected chi connectivity index (χ1v) is 6.45. The van der Waals surface area contributed by atoms with Crippen LogP contribution in [0.5, 0.6) is 0 Å². The highest BCUT2D eigenvalue weighted by Crippen LogP contribution is 2.17. The molecule has 0 radical (unpaired) electrons. The molecule has 1 heterocycles. The molecule has 1 aliphatic rings. The zero-order chi connectivity index (χ0) is 12.6. The van der Waals surface area contributed by atoms with Crippen molar-refractivity contribution in [1.82, 2.24) is 5.32 Å². The van der Waals surface area contributed by atoms with E-state index in [4.69, 9.17) is 15.6 Å². The molecule has 5 nitrogen and oxygen atoms in total. The van der Waals surface area contributed by atoms with Gasteiger partial charge in [-0.1, -0.05) is 12.8 Å². The molecule has 0 aliphatic carbocycles. The van der Waals surface area contributed by atoms with Crippen LogP contribution < -0.4 is 11.1 Å². The predicted octanol–water partition coefficient (Wildman–Crippen LogP) is 0.163. The molecular weight excluding hydrogens is 220 g/mol. The van der Waals surface area contributed by atoms with Crippen molar-refractivity contribution in [2.24, 2.45) is 5.73 Å². The molecule has 0 aromatic heterocycles. The second kappa shape index (κ2) is 7.63. The van der Waals surface area contributed by atoms with E-state index >= 15 is 0 Å². The van der Waals surface area contributed by atoms with Gasteiger partial charge < -0.3 is 20.9 Å². The number of nitrogens with two attached hydrogens (primary N) is 1. The van der Waals surface area contributed by atoms with Gasteiger partial charge in [0.2, 0.25) is 5.91 Å². The van der Waals surface area contributed by atoms with Crippen LogP contribution in [0.2, 0.25) is 0 Å². The fourth-order valence-corrected chi connectivity index (χ4v) is 1.93. The van der Waals surface area contributed by atoms with Gasteiger partial charge in [0.1, 0.15) is 0 Å². The standard InChI is InChI=1S/C12H24N2O3/c13-12(5-9-17-10-6-12)11(16)14-7-3-1-2-4-8-15/h15H,1-10,13H2,(H,14,16). The van der Waals surface area contributed by atoms with Gasteiger partial charge in [-0.05, 0) is 25.7 Å². The summed E-state index contributed by atoms with van der Waals surface area (Å²) in [6.07, 6.45) is 5.02. The first-order chi connectivity index (χ1) is 8.19. The molecule has 0 spiro atoms. The van der Waals surface area contributed by atoms with Crippen molar-refractivity contribution in [1.29, 1.82) is 0 Å². The summed E-state index contributed by atoms with van der Waals surface area (Å²) in [6.45, 7) is 2.06. The molecule has 0 unspecified atom stereocenters. The normalized spacial score (nSPS) is 18.9. The number of carbonyl (C=O) groups is 1. The lowest BCUT2D eigenvalue weighted by atomic mass is 9.90. The summed E-state index contributed by atoms with van der Waals surface area (Å²) in [5, 5.41) is 11.5. The summed E-state index contributed by atoms with van der Waals surface area (Å²) in [7, 11) is 0. The Morgan fingerprint density at radius 1 is 1.24 bits per heavy atom. The molecule has 17 heavy (non-hydrogen) atoms. The Bertz CT molecular complexity index is 228. The smallest absolute Gasteiger partial charge is 0.240 e. The third kappa shape index (κ3) is 5.02. The second-order valence-electron chi connectivity index (χ2n) is 4.66. The number of rotatable bonds is 7. The Labute approximate surface area is 103 Å². The van der Waals surface area contributed by atoms with E-state index in [-0.39, 0.29) is 12.5 Å². The quantitative estimate of drug-likeness (QED) is 0.557. The average Bonchev–Trinajstić information content (AvgIpc) is 2.34. The predicted molar refractivity (Wildman–Crippen MR) is 65.5 cm³/mol. The van der Waals surface area contributed by atoms with Crippen LogP contribution in [0.15, 0.2) is 0 Å². The molecule has 100 valence electrons. The van der Waals surface area contributed by atoms with Gasteiger partial charge in [-0.2, -0.15) is 0 Å². The summed E-state index contributed by atoms with van der Waals surface area (Å²) >= 11 is 0. The monoisotopic (exact) mass is 244 g/mol. The number of carbonyl (C=O) groups excluding carboxylic acids is 1. The number of aliphatic hydroxyl groups excluding tert-OH is 1. The van der Waals surface area contributed by atoms with Gasteiger partial charge in [0.25, 0.3) is 0 Å². The molecule has 0 aromatic rings. The number of nitrogens with one attached hydrogen (secondary N) is 1. The molecule has 1 saturated heterocycles. The van der Waals surface area contributed by atoms with Gasteiger partial charge in [-0.25, -0.2) is 0 Å². The van der Waals surface area contributed by atoms with Gasteiger partial charge >= 0.3 is 0 Å². The van der Waals surface area contributed by atoms with Crippen LogP contribution in [0.1, 0.15) is 38.5 Å². The van der Waals surface area contributed by atoms with Crippen LogP contribution in [-0.2, 0) is 9.53 Å². The minimum Gasteiger partial charge on any atom is -0.396 e. The molecule has 0 bridgehead atoms. The molecule has 0 aromatic carbocycles. The fraction of sp³-hybridized carbons (Fsp3) is 0.917. The Morgan fingerprint density at radius 3 is 2.53 bits per heavy atom. The van der Waals surface area contributed by atoms with E-state index in [2.05, 4.69) is 5.32 Å². The molecule has 1 aliphatic heterocycles. The third-order valence-electron chi connectivity index (χ3n) is 3.21. The minimum atomic E-state index is -0.733. The number of ether oxygens (including phenoxy) is 1.